The molecule has 0 amide bonds. The molecule has 0 radical (unpaired) electrons. The highest BCUT2D eigenvalue weighted by Crippen LogP contribution is 2.33. The first-order valence-electron chi connectivity index (χ1n) is 11.6. The molecule has 1 aliphatic carbocycles. The second-order valence-electron chi connectivity index (χ2n) is 8.93. The minimum atomic E-state index is -4.65. The summed E-state index contributed by atoms with van der Waals surface area (Å²) in [6.45, 7) is 2.01. The van der Waals surface area contributed by atoms with Crippen molar-refractivity contribution in [1.82, 2.24) is 30.8 Å². The minimum Gasteiger partial charge on any atom is -0.493 e. The molecule has 0 spiro atoms. The van der Waals surface area contributed by atoms with E-state index in [0.29, 0.717) is 24.8 Å². The molecule has 2 aliphatic rings. The average molecular weight is 545 g/mol. The molecule has 3 aromatic rings. The van der Waals surface area contributed by atoms with Crippen LogP contribution in [0, 0.1) is 5.92 Å². The van der Waals surface area contributed by atoms with Crippen LogP contribution in [0.2, 0.25) is 0 Å². The van der Waals surface area contributed by atoms with E-state index in [0.717, 1.165) is 42.5 Å². The van der Waals surface area contributed by atoms with Gasteiger partial charge in [-0.2, -0.15) is 17.9 Å². The lowest BCUT2D eigenvalue weighted by atomic mass is 9.92. The Morgan fingerprint density at radius 1 is 1.06 bits per heavy atom. The summed E-state index contributed by atoms with van der Waals surface area (Å²) in [5.74, 6) is 0.0744. The van der Waals surface area contributed by atoms with Crippen LogP contribution in [0.3, 0.4) is 0 Å². The summed E-state index contributed by atoms with van der Waals surface area (Å²) in [4.78, 5) is 0. The number of benzene rings is 2. The molecule has 0 bridgehead atoms. The summed E-state index contributed by atoms with van der Waals surface area (Å²) in [5.41, 5.74) is 2.23. The third-order valence-electron chi connectivity index (χ3n) is 6.36. The van der Waals surface area contributed by atoms with Crippen LogP contribution in [0.4, 0.5) is 13.2 Å². The van der Waals surface area contributed by atoms with Gasteiger partial charge in [-0.3, -0.25) is 0 Å². The van der Waals surface area contributed by atoms with Crippen molar-refractivity contribution >= 4 is 24.8 Å². The normalized spacial score (nSPS) is 19.8. The Morgan fingerprint density at radius 2 is 1.83 bits per heavy atom. The molecule has 2 heterocycles. The van der Waals surface area contributed by atoms with Crippen LogP contribution in [0.5, 0.6) is 5.75 Å². The third-order valence-corrected chi connectivity index (χ3v) is 6.36. The molecule has 7 nitrogen and oxygen atoms in total. The number of hydrogen-bond acceptors (Lipinski definition) is 6. The van der Waals surface area contributed by atoms with E-state index in [2.05, 4.69) is 38.3 Å². The molecule has 1 aromatic heterocycles. The fourth-order valence-corrected chi connectivity index (χ4v) is 4.37. The molecular weight excluding hydrogens is 516 g/mol. The fourth-order valence-electron chi connectivity index (χ4n) is 4.37. The van der Waals surface area contributed by atoms with E-state index < -0.39 is 12.0 Å². The maximum Gasteiger partial charge on any atom is 0.453 e. The van der Waals surface area contributed by atoms with Crippen LogP contribution in [-0.4, -0.2) is 39.4 Å². The molecule has 196 valence electrons. The van der Waals surface area contributed by atoms with Crippen molar-refractivity contribution in [3.05, 3.63) is 65.5 Å². The van der Waals surface area contributed by atoms with Crippen molar-refractivity contribution < 1.29 is 17.9 Å². The van der Waals surface area contributed by atoms with Crippen LogP contribution in [0.1, 0.15) is 48.7 Å². The second kappa shape index (κ2) is 12.2. The Morgan fingerprint density at radius 3 is 2.56 bits per heavy atom. The van der Waals surface area contributed by atoms with E-state index in [1.807, 2.05) is 18.2 Å². The van der Waals surface area contributed by atoms with Gasteiger partial charge >= 0.3 is 6.18 Å². The van der Waals surface area contributed by atoms with Gasteiger partial charge in [-0.1, -0.05) is 30.3 Å². The molecule has 1 saturated carbocycles. The summed E-state index contributed by atoms with van der Waals surface area (Å²) in [5, 5.41) is 17.2. The Kier molecular flexibility index (Phi) is 9.57. The molecule has 36 heavy (non-hydrogen) atoms. The summed E-state index contributed by atoms with van der Waals surface area (Å²) in [6.07, 6.45) is -0.309. The molecule has 1 aliphatic heterocycles. The molecular formula is C24H29Cl2F3N6O. The fraction of sp³-hybridized carbons (Fsp3) is 0.458. The van der Waals surface area contributed by atoms with Crippen molar-refractivity contribution in [3.8, 4) is 11.4 Å². The minimum absolute atomic E-state index is 0. The number of hydrogen-bond donors (Lipinski definition) is 2. The zero-order valence-corrected chi connectivity index (χ0v) is 21.1. The quantitative estimate of drug-likeness (QED) is 0.420. The molecule has 2 fully saturated rings. The van der Waals surface area contributed by atoms with Crippen LogP contribution in [0.15, 0.2) is 48.5 Å². The first-order chi connectivity index (χ1) is 16.5. The first-order valence-corrected chi connectivity index (χ1v) is 11.6. The summed E-state index contributed by atoms with van der Waals surface area (Å²) < 4.78 is 46.8. The topological polar surface area (TPSA) is 76.9 Å². The number of piperidine rings is 1. The lowest BCUT2D eigenvalue weighted by Gasteiger charge is -2.34. The third kappa shape index (κ3) is 6.67. The van der Waals surface area contributed by atoms with Gasteiger partial charge in [-0.25, -0.2) is 0 Å². The van der Waals surface area contributed by atoms with E-state index in [1.165, 1.54) is 5.56 Å². The van der Waals surface area contributed by atoms with Gasteiger partial charge in [0.25, 0.3) is 5.82 Å². The van der Waals surface area contributed by atoms with Crippen molar-refractivity contribution in [2.24, 2.45) is 5.92 Å². The van der Waals surface area contributed by atoms with Crippen LogP contribution < -0.4 is 15.4 Å². The highest BCUT2D eigenvalue weighted by Gasteiger charge is 2.38. The van der Waals surface area contributed by atoms with Gasteiger partial charge in [0.05, 0.1) is 12.3 Å². The SMILES string of the molecule is Cl.Cl.FC(F)(F)c1nnnn1-c1ccc(OCC2CC2)c(CN[C@H]2CCCN[C@H]2c2ccccc2)c1. The number of halogens is 5. The van der Waals surface area contributed by atoms with Crippen molar-refractivity contribution in [2.45, 2.75) is 50.5 Å². The Balaban J connectivity index is 0.00000180. The Hall–Kier alpha value is -2.40. The molecule has 2 aromatic carbocycles. The maximum atomic E-state index is 13.4. The number of nitrogens with one attached hydrogen (secondary N) is 2. The molecule has 2 N–H and O–H groups in total. The van der Waals surface area contributed by atoms with E-state index in [9.17, 15) is 13.2 Å². The predicted octanol–water partition coefficient (Wildman–Crippen LogP) is 4.90. The average Bonchev–Trinajstić information content (AvgIpc) is 3.54. The summed E-state index contributed by atoms with van der Waals surface area (Å²) >= 11 is 0. The van der Waals surface area contributed by atoms with Gasteiger partial charge < -0.3 is 15.4 Å². The lowest BCUT2D eigenvalue weighted by molar-refractivity contribution is -0.146. The van der Waals surface area contributed by atoms with Gasteiger partial charge in [0.1, 0.15) is 5.75 Å². The lowest BCUT2D eigenvalue weighted by Crippen LogP contribution is -2.45. The second-order valence-corrected chi connectivity index (χ2v) is 8.93. The molecule has 2 atom stereocenters. The molecule has 0 unspecified atom stereocenters. The molecule has 12 heteroatoms. The number of tetrazole rings is 1. The van der Waals surface area contributed by atoms with Gasteiger partial charge in [-0.15, -0.1) is 29.9 Å². The zero-order valence-electron chi connectivity index (χ0n) is 19.4. The zero-order chi connectivity index (χ0) is 23.5. The van der Waals surface area contributed by atoms with Crippen molar-refractivity contribution in [2.75, 3.05) is 13.2 Å². The van der Waals surface area contributed by atoms with E-state index >= 15 is 0 Å². The van der Waals surface area contributed by atoms with Crippen molar-refractivity contribution in [3.63, 3.8) is 0 Å². The highest BCUT2D eigenvalue weighted by molar-refractivity contribution is 5.85. The van der Waals surface area contributed by atoms with E-state index in [1.54, 1.807) is 18.2 Å². The number of rotatable bonds is 8. The van der Waals surface area contributed by atoms with Gasteiger partial charge in [0.2, 0.25) is 0 Å². The Labute approximate surface area is 220 Å². The van der Waals surface area contributed by atoms with Crippen molar-refractivity contribution in [1.29, 1.82) is 0 Å². The van der Waals surface area contributed by atoms with Gasteiger partial charge in [0.15, 0.2) is 0 Å². The highest BCUT2D eigenvalue weighted by atomic mass is 35.5. The summed E-state index contributed by atoms with van der Waals surface area (Å²) in [6, 6.07) is 15.6. The molecule has 1 saturated heterocycles. The number of aromatic nitrogens is 4. The maximum absolute atomic E-state index is 13.4. The van der Waals surface area contributed by atoms with E-state index in [-0.39, 0.29) is 42.6 Å². The van der Waals surface area contributed by atoms with Gasteiger partial charge in [0, 0.05) is 24.2 Å². The van der Waals surface area contributed by atoms with Crippen LogP contribution in [-0.2, 0) is 12.7 Å². The predicted molar refractivity (Wildman–Crippen MR) is 134 cm³/mol. The number of ether oxygens (including phenoxy) is 1. The Bertz CT molecular complexity index is 1110. The summed E-state index contributed by atoms with van der Waals surface area (Å²) in [7, 11) is 0. The molecule has 5 rings (SSSR count). The van der Waals surface area contributed by atoms with E-state index in [4.69, 9.17) is 4.74 Å². The first kappa shape index (κ1) is 28.2. The number of nitrogens with zero attached hydrogens (tertiary/aromatic N) is 4. The standard InChI is InChI=1S/C24H27F3N6O.2ClH/c25-24(26,27)23-30-31-32-33(23)19-10-11-21(34-15-16-8-9-16)18(13-19)14-29-20-7-4-12-28-22(20)17-5-2-1-3-6-17;;/h1-3,5-6,10-11,13,16,20,22,28-29H,4,7-9,12,14-15H2;2*1H/t20-,22-;;/m0../s1. The number of alkyl halides is 3. The van der Waals surface area contributed by atoms with Crippen LogP contribution in [0.25, 0.3) is 5.69 Å². The smallest absolute Gasteiger partial charge is 0.453 e. The van der Waals surface area contributed by atoms with Crippen LogP contribution >= 0.6 is 24.8 Å². The monoisotopic (exact) mass is 544 g/mol. The van der Waals surface area contributed by atoms with Gasteiger partial charge in [-0.05, 0) is 72.3 Å². The largest absolute Gasteiger partial charge is 0.493 e.